The minimum atomic E-state index is -1.01. The summed E-state index contributed by atoms with van der Waals surface area (Å²) in [6.45, 7) is 0. The van der Waals surface area contributed by atoms with Crippen molar-refractivity contribution < 1.29 is 19.9 Å². The van der Waals surface area contributed by atoms with Gasteiger partial charge in [0, 0.05) is 30.2 Å². The molecule has 0 spiro atoms. The Morgan fingerprint density at radius 1 is 1.53 bits per heavy atom. The number of aliphatic carboxylic acids is 1. The van der Waals surface area contributed by atoms with Gasteiger partial charge in [0.05, 0.1) is 4.92 Å². The summed E-state index contributed by atoms with van der Waals surface area (Å²) in [6, 6.07) is 2.74. The van der Waals surface area contributed by atoms with Gasteiger partial charge >= 0.3 is 5.97 Å². The van der Waals surface area contributed by atoms with Gasteiger partial charge in [0.2, 0.25) is 0 Å². The highest BCUT2D eigenvalue weighted by Crippen LogP contribution is 2.29. The van der Waals surface area contributed by atoms with Crippen molar-refractivity contribution in [3.05, 3.63) is 33.9 Å². The lowest BCUT2D eigenvalue weighted by atomic mass is 10.0. The molecule has 1 aromatic rings. The molecule has 0 saturated carbocycles. The molecule has 92 valence electrons. The van der Waals surface area contributed by atoms with E-state index < -0.39 is 16.9 Å². The Labute approximate surface area is 96.6 Å². The lowest BCUT2D eigenvalue weighted by molar-refractivity contribution is -0.385. The maximum absolute atomic E-state index is 10.5. The molecule has 4 N–H and O–H groups in total. The van der Waals surface area contributed by atoms with Crippen LogP contribution in [-0.4, -0.2) is 21.1 Å². The zero-order valence-electron chi connectivity index (χ0n) is 8.87. The minimum absolute atomic E-state index is 0.101. The summed E-state index contributed by atoms with van der Waals surface area (Å²) in [4.78, 5) is 20.3. The highest BCUT2D eigenvalue weighted by molar-refractivity contribution is 5.66. The van der Waals surface area contributed by atoms with E-state index in [-0.39, 0.29) is 29.8 Å². The van der Waals surface area contributed by atoms with E-state index in [4.69, 9.17) is 10.8 Å². The van der Waals surface area contributed by atoms with Crippen molar-refractivity contribution in [3.8, 4) is 5.75 Å². The van der Waals surface area contributed by atoms with Gasteiger partial charge in [-0.3, -0.25) is 14.9 Å². The number of hydrogen-bond donors (Lipinski definition) is 3. The van der Waals surface area contributed by atoms with Crippen molar-refractivity contribution in [1.29, 1.82) is 0 Å². The van der Waals surface area contributed by atoms with Crippen LogP contribution in [0.15, 0.2) is 18.2 Å². The van der Waals surface area contributed by atoms with Gasteiger partial charge in [-0.15, -0.1) is 0 Å². The maximum atomic E-state index is 10.5. The normalized spacial score (nSPS) is 12.1. The van der Waals surface area contributed by atoms with Crippen LogP contribution in [-0.2, 0) is 4.79 Å². The van der Waals surface area contributed by atoms with Gasteiger partial charge in [-0.2, -0.15) is 0 Å². The molecule has 1 aromatic carbocycles. The lowest BCUT2D eigenvalue weighted by Crippen LogP contribution is -2.12. The van der Waals surface area contributed by atoms with Crippen molar-refractivity contribution in [2.24, 2.45) is 5.73 Å². The smallest absolute Gasteiger partial charge is 0.303 e. The third-order valence-corrected chi connectivity index (χ3v) is 2.29. The van der Waals surface area contributed by atoms with Gasteiger partial charge in [-0.05, 0) is 12.5 Å². The van der Waals surface area contributed by atoms with E-state index in [2.05, 4.69) is 0 Å². The molecule has 1 atom stereocenters. The van der Waals surface area contributed by atoms with E-state index in [1.807, 2.05) is 0 Å². The van der Waals surface area contributed by atoms with Gasteiger partial charge < -0.3 is 15.9 Å². The second-order valence-corrected chi connectivity index (χ2v) is 3.54. The second kappa shape index (κ2) is 5.26. The average molecular weight is 240 g/mol. The van der Waals surface area contributed by atoms with Crippen LogP contribution in [0.5, 0.6) is 5.75 Å². The van der Waals surface area contributed by atoms with Crippen LogP contribution < -0.4 is 5.73 Å². The van der Waals surface area contributed by atoms with Crippen LogP contribution in [0.4, 0.5) is 5.69 Å². The number of hydrogen-bond acceptors (Lipinski definition) is 5. The number of nitro benzene ring substituents is 1. The molecule has 0 amide bonds. The van der Waals surface area contributed by atoms with Crippen LogP contribution in [0, 0.1) is 10.1 Å². The summed E-state index contributed by atoms with van der Waals surface area (Å²) >= 11 is 0. The largest absolute Gasteiger partial charge is 0.508 e. The summed E-state index contributed by atoms with van der Waals surface area (Å²) < 4.78 is 0. The van der Waals surface area contributed by atoms with Crippen molar-refractivity contribution >= 4 is 11.7 Å². The highest BCUT2D eigenvalue weighted by Gasteiger charge is 2.16. The SMILES string of the molecule is NC(CCC(=O)O)c1cc([N+](=O)[O-])ccc1O. The Morgan fingerprint density at radius 2 is 2.18 bits per heavy atom. The number of carboxylic acids is 1. The van der Waals surface area contributed by atoms with Crippen LogP contribution >= 0.6 is 0 Å². The average Bonchev–Trinajstić information content (AvgIpc) is 2.26. The van der Waals surface area contributed by atoms with Crippen molar-refractivity contribution in [1.82, 2.24) is 0 Å². The second-order valence-electron chi connectivity index (χ2n) is 3.54. The van der Waals surface area contributed by atoms with Gasteiger partial charge in [0.25, 0.3) is 5.69 Å². The fraction of sp³-hybridized carbons (Fsp3) is 0.300. The predicted molar refractivity (Wildman–Crippen MR) is 58.6 cm³/mol. The van der Waals surface area contributed by atoms with Crippen molar-refractivity contribution in [2.75, 3.05) is 0 Å². The molecule has 1 unspecified atom stereocenters. The highest BCUT2D eigenvalue weighted by atomic mass is 16.6. The zero-order chi connectivity index (χ0) is 13.0. The van der Waals surface area contributed by atoms with Crippen molar-refractivity contribution in [3.63, 3.8) is 0 Å². The molecule has 0 bridgehead atoms. The lowest BCUT2D eigenvalue weighted by Gasteiger charge is -2.12. The molecule has 0 aromatic heterocycles. The molecule has 0 saturated heterocycles. The Bertz CT molecular complexity index is 446. The zero-order valence-corrected chi connectivity index (χ0v) is 8.87. The Kier molecular flexibility index (Phi) is 4.00. The van der Waals surface area contributed by atoms with Crippen LogP contribution in [0.2, 0.25) is 0 Å². The quantitative estimate of drug-likeness (QED) is 0.523. The number of non-ortho nitro benzene ring substituents is 1. The maximum Gasteiger partial charge on any atom is 0.303 e. The fourth-order valence-corrected chi connectivity index (χ4v) is 1.39. The molecule has 0 fully saturated rings. The van der Waals surface area contributed by atoms with E-state index in [0.29, 0.717) is 0 Å². The first kappa shape index (κ1) is 12.9. The summed E-state index contributed by atoms with van der Waals surface area (Å²) in [5, 5.41) is 28.5. The number of nitrogens with zero attached hydrogens (tertiary/aromatic N) is 1. The standard InChI is InChI=1S/C10H12N2O5/c11-8(2-4-10(14)15)7-5-6(12(16)17)1-3-9(7)13/h1,3,5,8,13H,2,4,11H2,(H,14,15). The predicted octanol–water partition coefficient (Wildman–Crippen LogP) is 1.16. The number of phenolic OH excluding ortho intramolecular Hbond substituents is 1. The molecule has 0 radical (unpaired) electrons. The van der Waals surface area contributed by atoms with Gasteiger partial charge in [0.15, 0.2) is 0 Å². The number of benzene rings is 1. The molecule has 0 aliphatic carbocycles. The Balaban J connectivity index is 2.91. The first-order valence-electron chi connectivity index (χ1n) is 4.86. The monoisotopic (exact) mass is 240 g/mol. The van der Waals surface area contributed by atoms with Crippen LogP contribution in [0.1, 0.15) is 24.4 Å². The summed E-state index contributed by atoms with van der Waals surface area (Å²) in [5.41, 5.74) is 5.66. The molecule has 0 heterocycles. The van der Waals surface area contributed by atoms with E-state index in [1.54, 1.807) is 0 Å². The Morgan fingerprint density at radius 3 is 2.71 bits per heavy atom. The first-order valence-corrected chi connectivity index (χ1v) is 4.86. The number of carbonyl (C=O) groups is 1. The van der Waals surface area contributed by atoms with Crippen molar-refractivity contribution in [2.45, 2.75) is 18.9 Å². The van der Waals surface area contributed by atoms with E-state index in [1.165, 1.54) is 6.07 Å². The molecule has 0 aliphatic heterocycles. The molecular formula is C10H12N2O5. The fourth-order valence-electron chi connectivity index (χ4n) is 1.39. The van der Waals surface area contributed by atoms with E-state index >= 15 is 0 Å². The molecule has 0 aliphatic rings. The molecule has 7 heteroatoms. The van der Waals surface area contributed by atoms with E-state index in [0.717, 1.165) is 12.1 Å². The summed E-state index contributed by atoms with van der Waals surface area (Å²) in [6.07, 6.45) is -0.0621. The number of nitro groups is 1. The number of carboxylic acid groups (broad SMARTS) is 1. The number of nitrogens with two attached hydrogens (primary N) is 1. The molecule has 1 rings (SSSR count). The molecule has 17 heavy (non-hydrogen) atoms. The first-order chi connectivity index (χ1) is 7.91. The van der Waals surface area contributed by atoms with E-state index in [9.17, 15) is 20.0 Å². The number of phenols is 1. The topological polar surface area (TPSA) is 127 Å². The number of aromatic hydroxyl groups is 1. The van der Waals surface area contributed by atoms with Crippen LogP contribution in [0.25, 0.3) is 0 Å². The Hall–Kier alpha value is -2.15. The summed E-state index contributed by atoms with van der Waals surface area (Å²) in [7, 11) is 0. The molecule has 7 nitrogen and oxygen atoms in total. The minimum Gasteiger partial charge on any atom is -0.508 e. The van der Waals surface area contributed by atoms with Gasteiger partial charge in [0.1, 0.15) is 5.75 Å². The third kappa shape index (κ3) is 3.42. The van der Waals surface area contributed by atoms with Gasteiger partial charge in [-0.1, -0.05) is 0 Å². The number of rotatable bonds is 5. The van der Waals surface area contributed by atoms with Crippen LogP contribution in [0.3, 0.4) is 0 Å². The third-order valence-electron chi connectivity index (χ3n) is 2.29. The molecular weight excluding hydrogens is 228 g/mol. The van der Waals surface area contributed by atoms with Gasteiger partial charge in [-0.25, -0.2) is 0 Å². The summed E-state index contributed by atoms with van der Waals surface area (Å²) in [5.74, 6) is -1.18.